The molecule has 0 heterocycles. The lowest BCUT2D eigenvalue weighted by atomic mass is 10.1. The molecule has 0 saturated heterocycles. The van der Waals surface area contributed by atoms with E-state index >= 15 is 0 Å². The summed E-state index contributed by atoms with van der Waals surface area (Å²) >= 11 is 0. The maximum atomic E-state index is 10.6. The number of Topliss-reactive ketones (excluding diaryl/α,β-unsaturated/α-hetero) is 1. The van der Waals surface area contributed by atoms with E-state index in [1.807, 2.05) is 0 Å². The largest absolute Gasteiger partial charge is 0.317 e. The minimum atomic E-state index is 0.162. The second kappa shape index (κ2) is 6.04. The lowest BCUT2D eigenvalue weighted by molar-refractivity contribution is -0.117. The van der Waals surface area contributed by atoms with Crippen LogP contribution in [0.1, 0.15) is 26.2 Å². The molecule has 0 saturated carbocycles. The molecule has 0 bridgehead atoms. The van der Waals surface area contributed by atoms with Crippen LogP contribution >= 0.6 is 0 Å². The zero-order valence-electron chi connectivity index (χ0n) is 7.09. The third kappa shape index (κ3) is 5.73. The molecule has 0 aromatic rings. The summed E-state index contributed by atoms with van der Waals surface area (Å²) in [6.07, 6.45) is 2.67. The molecule has 0 radical (unpaired) electrons. The van der Waals surface area contributed by atoms with Gasteiger partial charge in [-0.05, 0) is 20.4 Å². The molecule has 0 aliphatic rings. The molecule has 0 aromatic carbocycles. The van der Waals surface area contributed by atoms with Crippen LogP contribution in [0, 0.1) is 0 Å². The van der Waals surface area contributed by atoms with Gasteiger partial charge in [0.15, 0.2) is 0 Å². The van der Waals surface area contributed by atoms with E-state index in [1.54, 1.807) is 14.0 Å². The molecule has 0 fully saturated rings. The Bertz CT molecular complexity index is 134. The lowest BCUT2D eigenvalue weighted by Gasteiger charge is -2.11. The molecular weight excluding hydrogens is 142 g/mol. The van der Waals surface area contributed by atoms with Gasteiger partial charge in [0.1, 0.15) is 12.1 Å². The normalized spacial score (nSPS) is 12.5. The molecule has 1 N–H and O–H groups in total. The van der Waals surface area contributed by atoms with Gasteiger partial charge in [-0.25, -0.2) is 0 Å². The van der Waals surface area contributed by atoms with Gasteiger partial charge in [-0.1, -0.05) is 0 Å². The number of hydrogen-bond donors (Lipinski definition) is 1. The fourth-order valence-electron chi connectivity index (χ4n) is 0.965. The Hall–Kier alpha value is -0.700. The Morgan fingerprint density at radius 1 is 1.64 bits per heavy atom. The molecule has 0 aliphatic carbocycles. The van der Waals surface area contributed by atoms with Gasteiger partial charge in [-0.2, -0.15) is 0 Å². The predicted molar refractivity (Wildman–Crippen MR) is 43.4 cm³/mol. The van der Waals surface area contributed by atoms with Gasteiger partial charge >= 0.3 is 0 Å². The van der Waals surface area contributed by atoms with Crippen molar-refractivity contribution in [2.45, 2.75) is 32.2 Å². The number of ketones is 1. The molecule has 0 aromatic heterocycles. The Labute approximate surface area is 67.2 Å². The first-order valence-corrected chi connectivity index (χ1v) is 3.81. The summed E-state index contributed by atoms with van der Waals surface area (Å²) in [5.74, 6) is 0.162. The van der Waals surface area contributed by atoms with Crippen LogP contribution in [-0.2, 0) is 9.59 Å². The standard InChI is InChI=1S/C8H15NO2/c1-7(11)6-8(9-2)4-3-5-10/h5,8-9H,3-4,6H2,1-2H3/t8-/m0/s1. The summed E-state index contributed by atoms with van der Waals surface area (Å²) in [4.78, 5) is 20.6. The number of hydrogen-bond acceptors (Lipinski definition) is 3. The number of carbonyl (C=O) groups is 2. The van der Waals surface area contributed by atoms with Crippen LogP contribution in [0.5, 0.6) is 0 Å². The molecule has 0 amide bonds. The third-order valence-corrected chi connectivity index (χ3v) is 1.58. The van der Waals surface area contributed by atoms with Gasteiger partial charge in [0, 0.05) is 18.9 Å². The average molecular weight is 157 g/mol. The van der Waals surface area contributed by atoms with Gasteiger partial charge < -0.3 is 10.1 Å². The van der Waals surface area contributed by atoms with Crippen molar-refractivity contribution in [1.29, 1.82) is 0 Å². The monoisotopic (exact) mass is 157 g/mol. The molecule has 0 aliphatic heterocycles. The summed E-state index contributed by atoms with van der Waals surface area (Å²) < 4.78 is 0. The van der Waals surface area contributed by atoms with Gasteiger partial charge in [0.2, 0.25) is 0 Å². The first-order chi connectivity index (χ1) is 5.20. The maximum Gasteiger partial charge on any atom is 0.131 e. The lowest BCUT2D eigenvalue weighted by Crippen LogP contribution is -2.27. The first kappa shape index (κ1) is 10.3. The second-order valence-electron chi connectivity index (χ2n) is 2.64. The summed E-state index contributed by atoms with van der Waals surface area (Å²) in [6.45, 7) is 1.56. The van der Waals surface area contributed by atoms with E-state index in [1.165, 1.54) is 0 Å². The average Bonchev–Trinajstić information content (AvgIpc) is 1.97. The number of carbonyl (C=O) groups excluding carboxylic acids is 2. The van der Waals surface area contributed by atoms with Crippen molar-refractivity contribution in [2.24, 2.45) is 0 Å². The quantitative estimate of drug-likeness (QED) is 0.572. The highest BCUT2D eigenvalue weighted by Gasteiger charge is 2.07. The van der Waals surface area contributed by atoms with Gasteiger partial charge in [-0.3, -0.25) is 4.79 Å². The molecule has 3 nitrogen and oxygen atoms in total. The zero-order valence-corrected chi connectivity index (χ0v) is 7.09. The zero-order chi connectivity index (χ0) is 8.69. The summed E-state index contributed by atoms with van der Waals surface area (Å²) in [5, 5.41) is 2.99. The highest BCUT2D eigenvalue weighted by Crippen LogP contribution is 2.00. The van der Waals surface area contributed by atoms with E-state index < -0.39 is 0 Å². The second-order valence-corrected chi connectivity index (χ2v) is 2.64. The van der Waals surface area contributed by atoms with Crippen molar-refractivity contribution in [1.82, 2.24) is 5.32 Å². The van der Waals surface area contributed by atoms with Crippen molar-refractivity contribution in [3.8, 4) is 0 Å². The third-order valence-electron chi connectivity index (χ3n) is 1.58. The smallest absolute Gasteiger partial charge is 0.131 e. The van der Waals surface area contributed by atoms with Crippen LogP contribution < -0.4 is 5.32 Å². The van der Waals surface area contributed by atoms with Crippen molar-refractivity contribution in [3.05, 3.63) is 0 Å². The van der Waals surface area contributed by atoms with E-state index in [2.05, 4.69) is 5.32 Å². The van der Waals surface area contributed by atoms with E-state index in [-0.39, 0.29) is 11.8 Å². The fraction of sp³-hybridized carbons (Fsp3) is 0.750. The van der Waals surface area contributed by atoms with Crippen LogP contribution in [0.25, 0.3) is 0 Å². The topological polar surface area (TPSA) is 46.2 Å². The predicted octanol–water partition coefficient (Wildman–Crippen LogP) is 0.533. The van der Waals surface area contributed by atoms with E-state index in [4.69, 9.17) is 0 Å². The molecule has 0 spiro atoms. The number of rotatable bonds is 6. The molecule has 11 heavy (non-hydrogen) atoms. The molecule has 1 atom stereocenters. The molecule has 3 heteroatoms. The first-order valence-electron chi connectivity index (χ1n) is 3.81. The molecule has 64 valence electrons. The number of nitrogens with one attached hydrogen (secondary N) is 1. The summed E-state index contributed by atoms with van der Waals surface area (Å²) in [5.41, 5.74) is 0. The molecule has 0 rings (SSSR count). The highest BCUT2D eigenvalue weighted by atomic mass is 16.1. The fourth-order valence-corrected chi connectivity index (χ4v) is 0.965. The van der Waals surface area contributed by atoms with Crippen LogP contribution in [0.4, 0.5) is 0 Å². The van der Waals surface area contributed by atoms with Crippen molar-refractivity contribution < 1.29 is 9.59 Å². The van der Waals surface area contributed by atoms with Crippen LogP contribution in [0.3, 0.4) is 0 Å². The maximum absolute atomic E-state index is 10.6. The molecular formula is C8H15NO2. The minimum absolute atomic E-state index is 0.162. The van der Waals surface area contributed by atoms with E-state index in [0.717, 1.165) is 12.7 Å². The van der Waals surface area contributed by atoms with Crippen molar-refractivity contribution in [3.63, 3.8) is 0 Å². The minimum Gasteiger partial charge on any atom is -0.317 e. The van der Waals surface area contributed by atoms with Crippen LogP contribution in [0.15, 0.2) is 0 Å². The Kier molecular flexibility index (Phi) is 5.65. The highest BCUT2D eigenvalue weighted by molar-refractivity contribution is 5.76. The van der Waals surface area contributed by atoms with Crippen molar-refractivity contribution >= 4 is 12.1 Å². The van der Waals surface area contributed by atoms with Gasteiger partial charge in [-0.15, -0.1) is 0 Å². The van der Waals surface area contributed by atoms with Crippen LogP contribution in [-0.4, -0.2) is 25.2 Å². The Morgan fingerprint density at radius 2 is 2.27 bits per heavy atom. The number of aldehydes is 1. The summed E-state index contributed by atoms with van der Waals surface area (Å²) in [7, 11) is 1.80. The van der Waals surface area contributed by atoms with Crippen molar-refractivity contribution in [2.75, 3.05) is 7.05 Å². The Morgan fingerprint density at radius 3 is 2.64 bits per heavy atom. The van der Waals surface area contributed by atoms with Crippen LogP contribution in [0.2, 0.25) is 0 Å². The van der Waals surface area contributed by atoms with E-state index in [0.29, 0.717) is 12.8 Å². The van der Waals surface area contributed by atoms with E-state index in [9.17, 15) is 9.59 Å². The molecule has 0 unspecified atom stereocenters. The Balaban J connectivity index is 3.57. The van der Waals surface area contributed by atoms with Gasteiger partial charge in [0.25, 0.3) is 0 Å². The van der Waals surface area contributed by atoms with Gasteiger partial charge in [0.05, 0.1) is 0 Å². The summed E-state index contributed by atoms with van der Waals surface area (Å²) in [6, 6.07) is 0.165. The SMILES string of the molecule is CN[C@@H](CCC=O)CC(C)=O.